The molecular weight excluding hydrogens is 657 g/mol. The van der Waals surface area contributed by atoms with Gasteiger partial charge in [-0.1, -0.05) is 146 Å². The first-order valence-corrected chi connectivity index (χ1v) is 18.7. The van der Waals surface area contributed by atoms with Crippen LogP contribution in [0.3, 0.4) is 0 Å². The zero-order valence-electron chi connectivity index (χ0n) is 27.9. The van der Waals surface area contributed by atoms with E-state index in [1.165, 1.54) is 68.5 Å². The second kappa shape index (κ2) is 11.8. The summed E-state index contributed by atoms with van der Waals surface area (Å²) < 4.78 is 6.13. The molecule has 10 aromatic rings. The number of para-hydroxylation sites is 1. The summed E-state index contributed by atoms with van der Waals surface area (Å²) in [5.74, 6) is 0.672. The van der Waals surface area contributed by atoms with E-state index in [2.05, 4.69) is 175 Å². The third-order valence-electron chi connectivity index (χ3n) is 10.1. The number of nitrogens with zero attached hydrogens (tertiary/aromatic N) is 2. The lowest BCUT2D eigenvalue weighted by Crippen LogP contribution is -2.06. The van der Waals surface area contributed by atoms with Gasteiger partial charge < -0.3 is 0 Å². The van der Waals surface area contributed by atoms with Crippen LogP contribution in [0, 0.1) is 6.92 Å². The molecule has 0 atom stereocenters. The molecule has 7 aromatic carbocycles. The number of aryl methyl sites for hydroxylation is 1. The minimum atomic E-state index is 0.672. The molecule has 0 saturated heterocycles. The van der Waals surface area contributed by atoms with Crippen molar-refractivity contribution in [2.45, 2.75) is 6.92 Å². The van der Waals surface area contributed by atoms with Gasteiger partial charge in [-0.2, -0.15) is 0 Å². The van der Waals surface area contributed by atoms with Crippen molar-refractivity contribution in [1.82, 2.24) is 4.57 Å². The maximum atomic E-state index is 5.60. The highest BCUT2D eigenvalue weighted by Crippen LogP contribution is 2.48. The Bertz CT molecular complexity index is 3070. The van der Waals surface area contributed by atoms with Crippen molar-refractivity contribution in [2.75, 3.05) is 0 Å². The van der Waals surface area contributed by atoms with Gasteiger partial charge in [-0.05, 0) is 52.6 Å². The molecule has 0 aliphatic heterocycles. The third-order valence-corrected chi connectivity index (χ3v) is 12.5. The monoisotopic (exact) mass is 686 g/mol. The van der Waals surface area contributed by atoms with Crippen LogP contribution in [0.15, 0.2) is 169 Å². The molecule has 0 aliphatic carbocycles. The van der Waals surface area contributed by atoms with Gasteiger partial charge in [-0.25, -0.2) is 4.99 Å². The van der Waals surface area contributed by atoms with Crippen molar-refractivity contribution < 1.29 is 0 Å². The summed E-state index contributed by atoms with van der Waals surface area (Å²) in [4.78, 5) is 6.75. The van der Waals surface area contributed by atoms with Gasteiger partial charge in [0.15, 0.2) is 5.82 Å². The molecule has 10 rings (SSSR count). The van der Waals surface area contributed by atoms with Crippen LogP contribution in [0.25, 0.3) is 79.8 Å². The molecule has 0 N–H and O–H groups in total. The van der Waals surface area contributed by atoms with Crippen LogP contribution in [0.1, 0.15) is 16.0 Å². The van der Waals surface area contributed by atoms with Gasteiger partial charge in [0, 0.05) is 46.6 Å². The molecule has 0 bridgehead atoms. The molecule has 0 spiro atoms. The lowest BCUT2D eigenvalue weighted by Gasteiger charge is -2.13. The number of fused-ring (bicyclic) bond motifs is 11. The maximum absolute atomic E-state index is 5.60. The van der Waals surface area contributed by atoms with E-state index < -0.39 is 0 Å². The van der Waals surface area contributed by atoms with E-state index >= 15 is 0 Å². The van der Waals surface area contributed by atoms with Crippen LogP contribution in [0.5, 0.6) is 0 Å². The number of hydrogen-bond donors (Lipinski definition) is 0. The fourth-order valence-corrected chi connectivity index (χ4v) is 10.2. The normalized spacial score (nSPS) is 12.1. The number of benzene rings is 7. The van der Waals surface area contributed by atoms with E-state index in [0.29, 0.717) is 5.82 Å². The Kier molecular flexibility index (Phi) is 6.90. The summed E-state index contributed by atoms with van der Waals surface area (Å²) in [5.41, 5.74) is 11.1. The van der Waals surface area contributed by atoms with E-state index in [1.807, 2.05) is 11.3 Å². The summed E-state index contributed by atoms with van der Waals surface area (Å²) in [5, 5.41) is 8.74. The van der Waals surface area contributed by atoms with Gasteiger partial charge in [0.2, 0.25) is 0 Å². The smallest absolute Gasteiger partial charge is 0.182 e. The first-order chi connectivity index (χ1) is 25.2. The molecule has 0 unspecified atom stereocenters. The molecule has 3 aromatic heterocycles. The fourth-order valence-electron chi connectivity index (χ4n) is 7.71. The van der Waals surface area contributed by atoms with Crippen LogP contribution in [-0.4, -0.2) is 10.3 Å². The van der Waals surface area contributed by atoms with Gasteiger partial charge in [0.25, 0.3) is 0 Å². The highest BCUT2D eigenvalue weighted by atomic mass is 32.1. The average molecular weight is 687 g/mol. The Hall–Kier alpha value is -6.03. The standard InChI is InChI=1S/C47H30N2S2/c1-3-41(48-44(46-29(2)33-17-10-13-23-39(33)50-46)32-27-25-31(26-28-32)30-15-5-4-6-16-30)49-38-22-12-9-20-36(38)43-45(49)35-19-8-7-18-34(35)42-37-21-11-14-24-40(37)51-47(42)43/h4-28H,1H2,2H3. The molecule has 240 valence electrons. The van der Waals surface area contributed by atoms with Crippen LogP contribution in [0.4, 0.5) is 0 Å². The van der Waals surface area contributed by atoms with Crippen LogP contribution < -0.4 is 0 Å². The van der Waals surface area contributed by atoms with Crippen molar-refractivity contribution in [3.8, 4) is 11.1 Å². The van der Waals surface area contributed by atoms with Crippen molar-refractivity contribution in [2.24, 2.45) is 4.99 Å². The molecule has 0 amide bonds. The van der Waals surface area contributed by atoms with Gasteiger partial charge in [-0.3, -0.25) is 4.57 Å². The molecule has 3 heterocycles. The summed E-state index contributed by atoms with van der Waals surface area (Å²) in [6.07, 6.45) is 0. The Balaban J connectivity index is 1.29. The number of hydrogen-bond acceptors (Lipinski definition) is 3. The molecule has 0 radical (unpaired) electrons. The molecule has 0 saturated carbocycles. The topological polar surface area (TPSA) is 17.3 Å². The minimum absolute atomic E-state index is 0.672. The SMILES string of the molecule is C=C=C(N=C(c1ccc(-c2ccccc2)cc1)c1sc2ccccc2c1C)n1c2ccccc2c2c3sc4ccccc4c3c3ccccc3c21. The van der Waals surface area contributed by atoms with Gasteiger partial charge in [0.05, 0.1) is 21.6 Å². The van der Waals surface area contributed by atoms with Crippen molar-refractivity contribution in [1.29, 1.82) is 0 Å². The zero-order chi connectivity index (χ0) is 34.1. The zero-order valence-corrected chi connectivity index (χ0v) is 29.5. The van der Waals surface area contributed by atoms with E-state index in [-0.39, 0.29) is 0 Å². The van der Waals surface area contributed by atoms with E-state index in [1.54, 1.807) is 11.3 Å². The van der Waals surface area contributed by atoms with Gasteiger partial charge in [-0.15, -0.1) is 22.7 Å². The minimum Gasteiger partial charge on any atom is -0.286 e. The molecule has 2 nitrogen and oxygen atoms in total. The largest absolute Gasteiger partial charge is 0.286 e. The molecule has 4 heteroatoms. The maximum Gasteiger partial charge on any atom is 0.182 e. The number of rotatable bonds is 5. The van der Waals surface area contributed by atoms with Crippen LogP contribution in [-0.2, 0) is 0 Å². The van der Waals surface area contributed by atoms with E-state index in [9.17, 15) is 0 Å². The van der Waals surface area contributed by atoms with Crippen molar-refractivity contribution >= 4 is 97.0 Å². The average Bonchev–Trinajstić information content (AvgIpc) is 3.86. The molecule has 51 heavy (non-hydrogen) atoms. The summed E-state index contributed by atoms with van der Waals surface area (Å²) >= 11 is 3.66. The first-order valence-electron chi connectivity index (χ1n) is 17.1. The van der Waals surface area contributed by atoms with Gasteiger partial charge in [0.1, 0.15) is 0 Å². The summed E-state index contributed by atoms with van der Waals surface area (Å²) in [6, 6.07) is 54.3. The molecule has 0 aliphatic rings. The van der Waals surface area contributed by atoms with Crippen molar-refractivity contribution in [3.63, 3.8) is 0 Å². The number of thiophene rings is 2. The van der Waals surface area contributed by atoms with Gasteiger partial charge >= 0.3 is 0 Å². The fraction of sp³-hybridized carbons (Fsp3) is 0.0213. The summed E-state index contributed by atoms with van der Waals surface area (Å²) in [7, 11) is 0. The molecular formula is C47H30N2S2. The lowest BCUT2D eigenvalue weighted by atomic mass is 9.99. The number of aliphatic imine (C=N–C) groups is 1. The quantitative estimate of drug-likeness (QED) is 0.127. The summed E-state index contributed by atoms with van der Waals surface area (Å²) in [6.45, 7) is 6.50. The second-order valence-corrected chi connectivity index (χ2v) is 15.0. The third kappa shape index (κ3) is 4.59. The Labute approximate surface area is 303 Å². The first kappa shape index (κ1) is 29.8. The van der Waals surface area contributed by atoms with Crippen molar-refractivity contribution in [3.05, 3.63) is 180 Å². The van der Waals surface area contributed by atoms with E-state index in [4.69, 9.17) is 4.99 Å². The van der Waals surface area contributed by atoms with Crippen LogP contribution in [0.2, 0.25) is 0 Å². The predicted octanol–water partition coefficient (Wildman–Crippen LogP) is 13.6. The Morgan fingerprint density at radius 1 is 0.569 bits per heavy atom. The van der Waals surface area contributed by atoms with Crippen LogP contribution >= 0.6 is 22.7 Å². The second-order valence-electron chi connectivity index (χ2n) is 12.9. The molecule has 0 fully saturated rings. The highest BCUT2D eigenvalue weighted by molar-refractivity contribution is 7.27. The number of aromatic nitrogens is 1. The van der Waals surface area contributed by atoms with E-state index in [0.717, 1.165) is 27.2 Å². The highest BCUT2D eigenvalue weighted by Gasteiger charge is 2.23. The Morgan fingerprint density at radius 3 is 1.88 bits per heavy atom. The predicted molar refractivity (Wildman–Crippen MR) is 223 cm³/mol. The Morgan fingerprint density at radius 2 is 1.16 bits per heavy atom. The lowest BCUT2D eigenvalue weighted by molar-refractivity contribution is 1.18.